The lowest BCUT2D eigenvalue weighted by Crippen LogP contribution is -2.47. The Morgan fingerprint density at radius 3 is 2.59 bits per heavy atom. The maximum Gasteiger partial charge on any atom is 0.253 e. The zero-order valence-electron chi connectivity index (χ0n) is 9.93. The molecule has 1 aromatic rings. The number of likely N-dealkylation sites (N-methyl/N-ethyl adjacent to an activating group) is 1. The summed E-state index contributed by atoms with van der Waals surface area (Å²) in [6.45, 7) is 3.31. The molecule has 0 aliphatic carbocycles. The number of benzene rings is 1. The Bertz CT molecular complexity index is 423. The van der Waals surface area contributed by atoms with Crippen molar-refractivity contribution in [2.45, 2.75) is 0 Å². The van der Waals surface area contributed by atoms with Crippen LogP contribution in [0.2, 0.25) is 0 Å². The number of nitrogens with zero attached hydrogens (tertiary/aromatic N) is 2. The first-order chi connectivity index (χ1) is 8.20. The van der Waals surface area contributed by atoms with Crippen LogP contribution in [-0.2, 0) is 0 Å². The summed E-state index contributed by atoms with van der Waals surface area (Å²) in [5.41, 5.74) is 1.14. The maximum absolute atomic E-state index is 12.2. The summed E-state index contributed by atoms with van der Waals surface area (Å²) in [5, 5.41) is 0. The SMILES string of the molecule is CN1CCN(C(=O)c2cccc(C=O)c2)CC1. The summed E-state index contributed by atoms with van der Waals surface area (Å²) >= 11 is 0. The average Bonchev–Trinajstić information content (AvgIpc) is 2.39. The van der Waals surface area contributed by atoms with Crippen molar-refractivity contribution in [3.05, 3.63) is 35.4 Å². The summed E-state index contributed by atoms with van der Waals surface area (Å²) in [7, 11) is 2.05. The van der Waals surface area contributed by atoms with E-state index in [2.05, 4.69) is 11.9 Å². The van der Waals surface area contributed by atoms with Crippen LogP contribution in [0.15, 0.2) is 24.3 Å². The highest BCUT2D eigenvalue weighted by Gasteiger charge is 2.20. The first-order valence-electron chi connectivity index (χ1n) is 5.74. The molecule has 1 amide bonds. The third-order valence-electron chi connectivity index (χ3n) is 3.06. The molecule has 1 fully saturated rings. The Balaban J connectivity index is 2.11. The number of aldehydes is 1. The van der Waals surface area contributed by atoms with Crippen molar-refractivity contribution >= 4 is 12.2 Å². The van der Waals surface area contributed by atoms with E-state index < -0.39 is 0 Å². The molecule has 1 saturated heterocycles. The van der Waals surface area contributed by atoms with Gasteiger partial charge in [0.1, 0.15) is 6.29 Å². The average molecular weight is 232 g/mol. The fourth-order valence-corrected chi connectivity index (χ4v) is 1.94. The van der Waals surface area contributed by atoms with Gasteiger partial charge in [0, 0.05) is 37.3 Å². The second-order valence-corrected chi connectivity index (χ2v) is 4.34. The van der Waals surface area contributed by atoms with Gasteiger partial charge in [-0.1, -0.05) is 12.1 Å². The van der Waals surface area contributed by atoms with Gasteiger partial charge in [-0.25, -0.2) is 0 Å². The van der Waals surface area contributed by atoms with Crippen molar-refractivity contribution in [3.63, 3.8) is 0 Å². The highest BCUT2D eigenvalue weighted by molar-refractivity contribution is 5.95. The van der Waals surface area contributed by atoms with E-state index in [0.717, 1.165) is 32.5 Å². The zero-order valence-corrected chi connectivity index (χ0v) is 9.93. The van der Waals surface area contributed by atoms with E-state index in [9.17, 15) is 9.59 Å². The number of carbonyl (C=O) groups is 2. The lowest BCUT2D eigenvalue weighted by Gasteiger charge is -2.32. The van der Waals surface area contributed by atoms with Crippen LogP contribution in [0.1, 0.15) is 20.7 Å². The molecule has 17 heavy (non-hydrogen) atoms. The van der Waals surface area contributed by atoms with Crippen LogP contribution in [0.4, 0.5) is 0 Å². The predicted octanol–water partition coefficient (Wildman–Crippen LogP) is 0.887. The molecule has 0 N–H and O–H groups in total. The molecule has 0 unspecified atom stereocenters. The largest absolute Gasteiger partial charge is 0.336 e. The minimum Gasteiger partial charge on any atom is -0.336 e. The van der Waals surface area contributed by atoms with E-state index in [4.69, 9.17) is 0 Å². The van der Waals surface area contributed by atoms with Gasteiger partial charge in [-0.15, -0.1) is 0 Å². The molecule has 0 atom stereocenters. The molecule has 0 aromatic heterocycles. The number of rotatable bonds is 2. The number of carbonyl (C=O) groups excluding carboxylic acids is 2. The molecule has 0 saturated carbocycles. The molecule has 1 aliphatic rings. The molecule has 0 radical (unpaired) electrons. The zero-order chi connectivity index (χ0) is 12.3. The fraction of sp³-hybridized carbons (Fsp3) is 0.385. The Labute approximate surface area is 101 Å². The normalized spacial score (nSPS) is 16.9. The Morgan fingerprint density at radius 2 is 1.94 bits per heavy atom. The van der Waals surface area contributed by atoms with Gasteiger partial charge in [0.05, 0.1) is 0 Å². The Hall–Kier alpha value is -1.68. The topological polar surface area (TPSA) is 40.6 Å². The Kier molecular flexibility index (Phi) is 3.54. The monoisotopic (exact) mass is 232 g/mol. The maximum atomic E-state index is 12.2. The number of hydrogen-bond donors (Lipinski definition) is 0. The molecule has 4 heteroatoms. The predicted molar refractivity (Wildman–Crippen MR) is 65.2 cm³/mol. The van der Waals surface area contributed by atoms with E-state index in [-0.39, 0.29) is 5.91 Å². The van der Waals surface area contributed by atoms with Gasteiger partial charge < -0.3 is 9.80 Å². The second kappa shape index (κ2) is 5.10. The van der Waals surface area contributed by atoms with Crippen LogP contribution in [0.25, 0.3) is 0 Å². The van der Waals surface area contributed by atoms with Crippen molar-refractivity contribution in [1.29, 1.82) is 0 Å². The summed E-state index contributed by atoms with van der Waals surface area (Å²) < 4.78 is 0. The summed E-state index contributed by atoms with van der Waals surface area (Å²) in [5.74, 6) is 0.0156. The van der Waals surface area contributed by atoms with Crippen molar-refractivity contribution in [1.82, 2.24) is 9.80 Å². The minimum atomic E-state index is 0.0156. The molecule has 1 heterocycles. The standard InChI is InChI=1S/C13H16N2O2/c1-14-5-7-15(8-6-14)13(17)12-4-2-3-11(9-12)10-16/h2-4,9-10H,5-8H2,1H3. The molecule has 1 aliphatic heterocycles. The summed E-state index contributed by atoms with van der Waals surface area (Å²) in [6, 6.07) is 6.85. The molecule has 0 spiro atoms. The lowest BCUT2D eigenvalue weighted by molar-refractivity contribution is 0.0664. The van der Waals surface area contributed by atoms with Gasteiger partial charge in [0.25, 0.3) is 5.91 Å². The highest BCUT2D eigenvalue weighted by Crippen LogP contribution is 2.09. The van der Waals surface area contributed by atoms with Crippen LogP contribution in [0, 0.1) is 0 Å². The minimum absolute atomic E-state index is 0.0156. The summed E-state index contributed by atoms with van der Waals surface area (Å²) in [6.07, 6.45) is 0.765. The third-order valence-corrected chi connectivity index (χ3v) is 3.06. The molecule has 90 valence electrons. The van der Waals surface area contributed by atoms with E-state index in [1.807, 2.05) is 4.90 Å². The van der Waals surface area contributed by atoms with Crippen LogP contribution in [0.3, 0.4) is 0 Å². The molecule has 4 nitrogen and oxygen atoms in total. The van der Waals surface area contributed by atoms with Crippen molar-refractivity contribution < 1.29 is 9.59 Å². The third kappa shape index (κ3) is 2.71. The summed E-state index contributed by atoms with van der Waals surface area (Å²) in [4.78, 5) is 26.9. The van der Waals surface area contributed by atoms with Crippen molar-refractivity contribution in [2.75, 3.05) is 33.2 Å². The highest BCUT2D eigenvalue weighted by atomic mass is 16.2. The van der Waals surface area contributed by atoms with Crippen LogP contribution in [0.5, 0.6) is 0 Å². The van der Waals surface area contributed by atoms with Gasteiger partial charge in [-0.05, 0) is 19.2 Å². The first kappa shape index (κ1) is 11.8. The lowest BCUT2D eigenvalue weighted by atomic mass is 10.1. The van der Waals surface area contributed by atoms with Crippen LogP contribution >= 0.6 is 0 Å². The van der Waals surface area contributed by atoms with Gasteiger partial charge in [0.15, 0.2) is 0 Å². The second-order valence-electron chi connectivity index (χ2n) is 4.34. The molecular weight excluding hydrogens is 216 g/mol. The van der Waals surface area contributed by atoms with Gasteiger partial charge in [0.2, 0.25) is 0 Å². The van der Waals surface area contributed by atoms with Gasteiger partial charge in [-0.2, -0.15) is 0 Å². The van der Waals surface area contributed by atoms with Crippen LogP contribution < -0.4 is 0 Å². The van der Waals surface area contributed by atoms with E-state index in [0.29, 0.717) is 11.1 Å². The molecule has 0 bridgehead atoms. The van der Waals surface area contributed by atoms with E-state index in [1.54, 1.807) is 24.3 Å². The first-order valence-corrected chi connectivity index (χ1v) is 5.74. The van der Waals surface area contributed by atoms with Crippen molar-refractivity contribution in [3.8, 4) is 0 Å². The molecule has 2 rings (SSSR count). The van der Waals surface area contributed by atoms with E-state index >= 15 is 0 Å². The smallest absolute Gasteiger partial charge is 0.253 e. The van der Waals surface area contributed by atoms with Gasteiger partial charge >= 0.3 is 0 Å². The number of amides is 1. The fourth-order valence-electron chi connectivity index (χ4n) is 1.94. The van der Waals surface area contributed by atoms with Gasteiger partial charge in [-0.3, -0.25) is 9.59 Å². The van der Waals surface area contributed by atoms with E-state index in [1.165, 1.54) is 0 Å². The number of piperazine rings is 1. The molecule has 1 aromatic carbocycles. The van der Waals surface area contributed by atoms with Crippen molar-refractivity contribution in [2.24, 2.45) is 0 Å². The van der Waals surface area contributed by atoms with Crippen LogP contribution in [-0.4, -0.2) is 55.2 Å². The number of hydrogen-bond acceptors (Lipinski definition) is 3. The molecular formula is C13H16N2O2. The Morgan fingerprint density at radius 1 is 1.24 bits per heavy atom. The quantitative estimate of drug-likeness (QED) is 0.711.